The van der Waals surface area contributed by atoms with Gasteiger partial charge in [0.25, 0.3) is 12.3 Å². The molecular weight excluding hydrogens is 331 g/mol. The van der Waals surface area contributed by atoms with Crippen molar-refractivity contribution < 1.29 is 18.0 Å². The number of hydrogen-bond donors (Lipinski definition) is 2. The van der Waals surface area contributed by atoms with Gasteiger partial charge < -0.3 is 5.32 Å². The molecule has 3 rings (SSSR count). The summed E-state index contributed by atoms with van der Waals surface area (Å²) in [5.41, 5.74) is 1.38. The zero-order valence-corrected chi connectivity index (χ0v) is 14.3. The molecule has 134 valence electrons. The molecule has 0 saturated carbocycles. The third-order valence-electron chi connectivity index (χ3n) is 4.83. The number of aromatic nitrogens is 2. The van der Waals surface area contributed by atoms with Crippen LogP contribution in [0.4, 0.5) is 13.2 Å². The summed E-state index contributed by atoms with van der Waals surface area (Å²) < 4.78 is 40.0. The van der Waals surface area contributed by atoms with Crippen LogP contribution in [0.25, 0.3) is 0 Å². The van der Waals surface area contributed by atoms with Gasteiger partial charge in [0.05, 0.1) is 5.56 Å². The second-order valence-corrected chi connectivity index (χ2v) is 7.15. The molecule has 0 unspecified atom stereocenters. The van der Waals surface area contributed by atoms with E-state index in [1.54, 1.807) is 6.07 Å². The Bertz CT molecular complexity index is 814. The monoisotopic (exact) mass is 351 g/mol. The summed E-state index contributed by atoms with van der Waals surface area (Å²) in [5, 5.41) is 8.33. The fraction of sp³-hybridized carbons (Fsp3) is 0.444. The van der Waals surface area contributed by atoms with Crippen LogP contribution in [0.15, 0.2) is 18.3 Å². The number of benzene rings is 1. The van der Waals surface area contributed by atoms with Crippen LogP contribution in [0, 0.1) is 5.82 Å². The van der Waals surface area contributed by atoms with Crippen molar-refractivity contribution in [3.63, 3.8) is 0 Å². The number of hydrogen-bond acceptors (Lipinski definition) is 2. The Hall–Kier alpha value is -2.31. The zero-order valence-electron chi connectivity index (χ0n) is 14.3. The molecule has 1 amide bonds. The first kappa shape index (κ1) is 17.5. The predicted molar refractivity (Wildman–Crippen MR) is 87.2 cm³/mol. The predicted octanol–water partition coefficient (Wildman–Crippen LogP) is 4.20. The SMILES string of the molecule is C[C@H]1CC(C)(C)c2c(F)ccc(CNC(=O)c3c[nH]nc3C(F)F)c21. The van der Waals surface area contributed by atoms with Crippen LogP contribution in [0.3, 0.4) is 0 Å². The van der Waals surface area contributed by atoms with Gasteiger partial charge in [0.15, 0.2) is 0 Å². The van der Waals surface area contributed by atoms with Crippen LogP contribution < -0.4 is 5.32 Å². The van der Waals surface area contributed by atoms with E-state index in [9.17, 15) is 18.0 Å². The third-order valence-corrected chi connectivity index (χ3v) is 4.83. The van der Waals surface area contributed by atoms with Crippen molar-refractivity contribution in [1.29, 1.82) is 0 Å². The highest BCUT2D eigenvalue weighted by Gasteiger charge is 2.38. The normalized spacial score (nSPS) is 18.4. The molecule has 0 spiro atoms. The van der Waals surface area contributed by atoms with Crippen molar-refractivity contribution in [1.82, 2.24) is 15.5 Å². The van der Waals surface area contributed by atoms with Crippen molar-refractivity contribution in [2.75, 3.05) is 0 Å². The summed E-state index contributed by atoms with van der Waals surface area (Å²) in [6.45, 7) is 6.18. The lowest BCUT2D eigenvalue weighted by Crippen LogP contribution is -2.24. The number of nitrogens with one attached hydrogen (secondary N) is 2. The highest BCUT2D eigenvalue weighted by molar-refractivity contribution is 5.95. The van der Waals surface area contributed by atoms with E-state index in [0.717, 1.165) is 23.7 Å². The van der Waals surface area contributed by atoms with Crippen LogP contribution >= 0.6 is 0 Å². The molecule has 25 heavy (non-hydrogen) atoms. The highest BCUT2D eigenvalue weighted by Crippen LogP contribution is 2.48. The van der Waals surface area contributed by atoms with Gasteiger partial charge in [-0.1, -0.05) is 26.8 Å². The molecule has 0 fully saturated rings. The summed E-state index contributed by atoms with van der Waals surface area (Å²) in [6.07, 6.45) is -0.859. The molecule has 2 aromatic rings. The first-order valence-corrected chi connectivity index (χ1v) is 8.14. The maximum atomic E-state index is 14.3. The van der Waals surface area contributed by atoms with E-state index in [4.69, 9.17) is 0 Å². The molecule has 0 saturated heterocycles. The molecule has 1 aromatic heterocycles. The standard InChI is InChI=1S/C18H20F3N3O/c1-9-6-18(2,3)14-12(19)5-4-10(13(9)14)7-22-17(25)11-8-23-24-15(11)16(20)21/h4-5,8-9,16H,6-7H2,1-3H3,(H,22,25)(H,23,24)/t9-/m0/s1. The maximum Gasteiger partial charge on any atom is 0.282 e. The molecule has 0 radical (unpaired) electrons. The van der Waals surface area contributed by atoms with Crippen LogP contribution in [-0.4, -0.2) is 16.1 Å². The number of halogens is 3. The van der Waals surface area contributed by atoms with Gasteiger partial charge in [0, 0.05) is 12.7 Å². The molecular formula is C18H20F3N3O. The number of nitrogens with zero attached hydrogens (tertiary/aromatic N) is 1. The first-order valence-electron chi connectivity index (χ1n) is 8.14. The Morgan fingerprint density at radius 3 is 2.84 bits per heavy atom. The van der Waals surface area contributed by atoms with Crippen LogP contribution in [0.5, 0.6) is 0 Å². The van der Waals surface area contributed by atoms with Gasteiger partial charge in [-0.05, 0) is 40.5 Å². The molecule has 1 atom stereocenters. The van der Waals surface area contributed by atoms with Gasteiger partial charge in [0.2, 0.25) is 0 Å². The molecule has 2 N–H and O–H groups in total. The largest absolute Gasteiger partial charge is 0.348 e. The van der Waals surface area contributed by atoms with Gasteiger partial charge in [-0.15, -0.1) is 0 Å². The van der Waals surface area contributed by atoms with Gasteiger partial charge in [-0.25, -0.2) is 13.2 Å². The molecule has 7 heteroatoms. The Morgan fingerprint density at radius 2 is 2.16 bits per heavy atom. The number of H-pyrrole nitrogens is 1. The van der Waals surface area contributed by atoms with E-state index < -0.39 is 18.0 Å². The molecule has 0 bridgehead atoms. The minimum Gasteiger partial charge on any atom is -0.348 e. The first-order chi connectivity index (χ1) is 11.7. The second kappa shape index (κ2) is 6.20. The third kappa shape index (κ3) is 3.03. The van der Waals surface area contributed by atoms with E-state index in [1.165, 1.54) is 6.07 Å². The Balaban J connectivity index is 1.85. The van der Waals surface area contributed by atoms with Gasteiger partial charge in [0.1, 0.15) is 11.5 Å². The number of carbonyl (C=O) groups excluding carboxylic acids is 1. The molecule has 1 aromatic carbocycles. The number of fused-ring (bicyclic) bond motifs is 1. The summed E-state index contributed by atoms with van der Waals surface area (Å²) in [7, 11) is 0. The maximum absolute atomic E-state index is 14.3. The Labute approximate surface area is 143 Å². The van der Waals surface area contributed by atoms with E-state index in [0.29, 0.717) is 5.56 Å². The van der Waals surface area contributed by atoms with E-state index >= 15 is 0 Å². The molecule has 1 aliphatic rings. The topological polar surface area (TPSA) is 57.8 Å². The van der Waals surface area contributed by atoms with E-state index in [2.05, 4.69) is 15.5 Å². The van der Waals surface area contributed by atoms with Crippen molar-refractivity contribution in [3.05, 3.63) is 52.1 Å². The zero-order chi connectivity index (χ0) is 18.4. The minimum atomic E-state index is -2.83. The molecule has 0 aliphatic heterocycles. The van der Waals surface area contributed by atoms with Gasteiger partial charge >= 0.3 is 0 Å². The summed E-state index contributed by atoms with van der Waals surface area (Å²) >= 11 is 0. The number of carbonyl (C=O) groups is 1. The number of rotatable bonds is 4. The molecule has 4 nitrogen and oxygen atoms in total. The quantitative estimate of drug-likeness (QED) is 0.867. The van der Waals surface area contributed by atoms with Crippen LogP contribution in [0.2, 0.25) is 0 Å². The van der Waals surface area contributed by atoms with E-state index in [1.807, 2.05) is 20.8 Å². The van der Waals surface area contributed by atoms with Gasteiger partial charge in [-0.3, -0.25) is 9.89 Å². The van der Waals surface area contributed by atoms with Crippen LogP contribution in [-0.2, 0) is 12.0 Å². The lowest BCUT2D eigenvalue weighted by molar-refractivity contribution is 0.0936. The van der Waals surface area contributed by atoms with Crippen LogP contribution in [0.1, 0.15) is 72.3 Å². The average molecular weight is 351 g/mol. The number of aromatic amines is 1. The van der Waals surface area contributed by atoms with Crippen molar-refractivity contribution in [3.8, 4) is 0 Å². The summed E-state index contributed by atoms with van der Waals surface area (Å²) in [5.74, 6) is -0.709. The molecule has 1 heterocycles. The second-order valence-electron chi connectivity index (χ2n) is 7.15. The average Bonchev–Trinajstić information content (AvgIpc) is 3.10. The number of amides is 1. The molecule has 1 aliphatic carbocycles. The Morgan fingerprint density at radius 1 is 1.44 bits per heavy atom. The van der Waals surface area contributed by atoms with E-state index in [-0.39, 0.29) is 29.3 Å². The van der Waals surface area contributed by atoms with Crippen molar-refractivity contribution in [2.45, 2.75) is 51.5 Å². The lowest BCUT2D eigenvalue weighted by Gasteiger charge is -2.20. The summed E-state index contributed by atoms with van der Waals surface area (Å²) in [6, 6.07) is 3.05. The summed E-state index contributed by atoms with van der Waals surface area (Å²) in [4.78, 5) is 12.2. The van der Waals surface area contributed by atoms with Crippen molar-refractivity contribution in [2.24, 2.45) is 0 Å². The van der Waals surface area contributed by atoms with Gasteiger partial charge in [-0.2, -0.15) is 5.10 Å². The smallest absolute Gasteiger partial charge is 0.282 e. The highest BCUT2D eigenvalue weighted by atomic mass is 19.3. The Kier molecular flexibility index (Phi) is 4.34. The fourth-order valence-corrected chi connectivity index (χ4v) is 3.93. The lowest BCUT2D eigenvalue weighted by atomic mass is 9.85. The minimum absolute atomic E-state index is 0.149. The number of alkyl halides is 2. The van der Waals surface area contributed by atoms with Crippen molar-refractivity contribution >= 4 is 5.91 Å². The fourth-order valence-electron chi connectivity index (χ4n) is 3.93.